The molecule has 376 valence electrons. The molecule has 14 aromatic rings. The van der Waals surface area contributed by atoms with Gasteiger partial charge in [0, 0.05) is 114 Å². The molecule has 16 nitrogen and oxygen atoms in total. The molecule has 0 radical (unpaired) electrons. The molecule has 17 heteroatoms. The Hall–Kier alpha value is -10.6. The summed E-state index contributed by atoms with van der Waals surface area (Å²) in [5.41, 5.74) is 12.9. The first kappa shape index (κ1) is 46.5. The van der Waals surface area contributed by atoms with E-state index >= 15 is 0 Å². The van der Waals surface area contributed by atoms with E-state index in [4.69, 9.17) is 59.8 Å². The van der Waals surface area contributed by atoms with Gasteiger partial charge in [-0.1, -0.05) is 194 Å². The minimum absolute atomic E-state index is 0. The van der Waals surface area contributed by atoms with Gasteiger partial charge in [-0.25, -0.2) is 59.8 Å². The van der Waals surface area contributed by atoms with E-state index in [0.717, 1.165) is 87.6 Å². The van der Waals surface area contributed by atoms with Crippen LogP contribution >= 0.6 is 0 Å². The van der Waals surface area contributed by atoms with Gasteiger partial charge in [0.25, 0.3) is 0 Å². The average molecular weight is 1120 g/mol. The van der Waals surface area contributed by atoms with Crippen molar-refractivity contribution < 1.29 is 26.2 Å². The number of nitrogens with one attached hydrogen (secondary N) is 4. The minimum Gasteiger partial charge on any atom is -0.324 e. The number of H-pyrrole nitrogens is 4. The van der Waals surface area contributed by atoms with Crippen molar-refractivity contribution in [2.75, 3.05) is 0 Å². The van der Waals surface area contributed by atoms with Crippen LogP contribution in [0.25, 0.3) is 179 Å². The Kier molecular flexibility index (Phi) is 10.5. The summed E-state index contributed by atoms with van der Waals surface area (Å²) in [5.74, 6) is 4.78. The molecule has 81 heavy (non-hydrogen) atoms. The Balaban J connectivity index is 0.000000132. The van der Waals surface area contributed by atoms with E-state index in [2.05, 4.69) is 19.9 Å². The SMILES string of the molecule is [Zr].c1ccc2c(c1)-c1nc-2nc2[nH]c(nc3nc(nc4[nH]c(n1)c1ccccc41)-c1ccccc1-3)c1ccccc21.c1ccc2c(c1)-c1nc-2nc2[nH]c(nc3nc(nc4[nH]c(n1)c1ccccc41)-c1ccccc1-3)c1ccccc21. The van der Waals surface area contributed by atoms with Crippen molar-refractivity contribution >= 4 is 88.3 Å². The van der Waals surface area contributed by atoms with Gasteiger partial charge in [0.2, 0.25) is 0 Å². The maximum absolute atomic E-state index is 5.02. The summed E-state index contributed by atoms with van der Waals surface area (Å²) in [6.45, 7) is 0. The van der Waals surface area contributed by atoms with Crippen LogP contribution in [0.1, 0.15) is 0 Å². The Labute approximate surface area is 476 Å². The van der Waals surface area contributed by atoms with Crippen LogP contribution in [0.2, 0.25) is 0 Å². The van der Waals surface area contributed by atoms with Crippen molar-refractivity contribution in [2.45, 2.75) is 0 Å². The second kappa shape index (κ2) is 18.2. The molecule has 0 fully saturated rings. The van der Waals surface area contributed by atoms with Gasteiger partial charge in [-0.05, 0) is 0 Å². The summed E-state index contributed by atoms with van der Waals surface area (Å²) in [7, 11) is 0. The molecule has 0 unspecified atom stereocenters. The number of nitrogens with zero attached hydrogens (tertiary/aromatic N) is 12. The van der Waals surface area contributed by atoms with Crippen molar-refractivity contribution in [3.63, 3.8) is 0 Å². The molecule has 0 aliphatic carbocycles. The fourth-order valence-corrected chi connectivity index (χ4v) is 11.2. The normalized spacial score (nSPS) is 11.9. The summed E-state index contributed by atoms with van der Waals surface area (Å²) >= 11 is 0. The van der Waals surface area contributed by atoms with Crippen LogP contribution in [0.15, 0.2) is 194 Å². The van der Waals surface area contributed by atoms with E-state index in [1.807, 2.05) is 194 Å². The van der Waals surface area contributed by atoms with Gasteiger partial charge >= 0.3 is 0 Å². The number of rotatable bonds is 0. The van der Waals surface area contributed by atoms with Gasteiger partial charge in [0.05, 0.1) is 0 Å². The van der Waals surface area contributed by atoms with Gasteiger partial charge < -0.3 is 19.9 Å². The van der Waals surface area contributed by atoms with Crippen molar-refractivity contribution in [3.05, 3.63) is 194 Å². The van der Waals surface area contributed by atoms with E-state index in [1.165, 1.54) is 0 Å². The fourth-order valence-electron chi connectivity index (χ4n) is 11.2. The monoisotopic (exact) mass is 1120 g/mol. The van der Waals surface area contributed by atoms with E-state index in [9.17, 15) is 0 Å². The van der Waals surface area contributed by atoms with Gasteiger partial charge in [0.15, 0.2) is 46.6 Å². The van der Waals surface area contributed by atoms with Crippen LogP contribution in [0.5, 0.6) is 0 Å². The quantitative estimate of drug-likeness (QED) is 0.111. The molecule has 6 aromatic heterocycles. The van der Waals surface area contributed by atoms with Gasteiger partial charge in [-0.15, -0.1) is 0 Å². The molecule has 0 saturated carbocycles. The van der Waals surface area contributed by atoms with E-state index in [1.54, 1.807) is 0 Å². The molecule has 4 aliphatic heterocycles. The summed E-state index contributed by atoms with van der Waals surface area (Å²) in [5, 5.41) is 7.64. The van der Waals surface area contributed by atoms with E-state index in [0.29, 0.717) is 91.8 Å². The van der Waals surface area contributed by atoms with Crippen molar-refractivity contribution in [1.29, 1.82) is 0 Å². The second-order valence-electron chi connectivity index (χ2n) is 19.6. The molecule has 4 N–H and O–H groups in total. The zero-order valence-corrected chi connectivity index (χ0v) is 44.8. The van der Waals surface area contributed by atoms with Crippen LogP contribution in [-0.4, -0.2) is 79.7 Å². The zero-order chi connectivity index (χ0) is 52.4. The van der Waals surface area contributed by atoms with Crippen molar-refractivity contribution in [2.24, 2.45) is 0 Å². The molecule has 0 atom stereocenters. The van der Waals surface area contributed by atoms with Gasteiger partial charge in [-0.2, -0.15) is 0 Å². The van der Waals surface area contributed by atoms with Crippen LogP contribution in [0.4, 0.5) is 0 Å². The number of hydrogen-bond donors (Lipinski definition) is 4. The molecule has 18 rings (SSSR count). The Morgan fingerprint density at radius 3 is 0.420 bits per heavy atom. The predicted molar refractivity (Wildman–Crippen MR) is 312 cm³/mol. The van der Waals surface area contributed by atoms with Gasteiger partial charge in [-0.3, -0.25) is 0 Å². The molecule has 16 bridgehead atoms. The molecule has 0 amide bonds. The number of fused-ring (bicyclic) bond motifs is 40. The first-order valence-corrected chi connectivity index (χ1v) is 26.0. The van der Waals surface area contributed by atoms with E-state index < -0.39 is 0 Å². The van der Waals surface area contributed by atoms with Crippen LogP contribution < -0.4 is 0 Å². The zero-order valence-electron chi connectivity index (χ0n) is 42.3. The summed E-state index contributed by atoms with van der Waals surface area (Å²) in [4.78, 5) is 73.5. The smallest absolute Gasteiger partial charge is 0.164 e. The van der Waals surface area contributed by atoms with E-state index in [-0.39, 0.29) is 26.2 Å². The maximum atomic E-state index is 5.02. The van der Waals surface area contributed by atoms with Crippen LogP contribution in [-0.2, 0) is 26.2 Å². The van der Waals surface area contributed by atoms with Crippen LogP contribution in [0, 0.1) is 0 Å². The standard InChI is InChI=1S/2C32H18N8.Zr/c2*1-2-10-18-17(9-1)25-33-26(18)38-28-21-13-5-6-14-22(21)30(35-28)40-32-24-16-8-7-15-23(24)31(36-32)39-29-20-12-4-3-11-19(20)27(34-29)37-25;/h2*1-16H,(H2,33,34,35,36,37,38,39,40);. The first-order chi connectivity index (χ1) is 39.6. The third kappa shape index (κ3) is 7.46. The average Bonchev–Trinajstić information content (AvgIpc) is 4.53. The topological polar surface area (TPSA) is 218 Å². The summed E-state index contributed by atoms with van der Waals surface area (Å²) in [6, 6.07) is 64.5. The number of hydrogen-bond acceptors (Lipinski definition) is 12. The summed E-state index contributed by atoms with van der Waals surface area (Å²) in [6.07, 6.45) is 0. The molecule has 8 aromatic carbocycles. The second-order valence-corrected chi connectivity index (χ2v) is 19.6. The molecular weight excluding hydrogens is 1080 g/mol. The van der Waals surface area contributed by atoms with Gasteiger partial charge in [0.1, 0.15) is 45.2 Å². The largest absolute Gasteiger partial charge is 0.324 e. The molecular formula is C64H36N16Zr. The Bertz CT molecular complexity index is 4390. The number of aromatic amines is 4. The predicted octanol–water partition coefficient (Wildman–Crippen LogP) is 13.7. The van der Waals surface area contributed by atoms with Crippen molar-refractivity contribution in [1.82, 2.24) is 79.7 Å². The summed E-state index contributed by atoms with van der Waals surface area (Å²) < 4.78 is 0. The maximum Gasteiger partial charge on any atom is 0.164 e. The third-order valence-corrected chi connectivity index (χ3v) is 14.9. The molecule has 0 saturated heterocycles. The number of benzene rings is 8. The molecule has 0 spiro atoms. The van der Waals surface area contributed by atoms with Crippen molar-refractivity contribution in [3.8, 4) is 91.1 Å². The molecule has 10 heterocycles. The van der Waals surface area contributed by atoms with Crippen LogP contribution in [0.3, 0.4) is 0 Å². The Morgan fingerprint density at radius 1 is 0.160 bits per heavy atom. The minimum atomic E-state index is 0. The number of aromatic nitrogens is 16. The third-order valence-electron chi connectivity index (χ3n) is 14.9. The fraction of sp³-hybridized carbons (Fsp3) is 0. The Morgan fingerprint density at radius 2 is 0.284 bits per heavy atom. The first-order valence-electron chi connectivity index (χ1n) is 26.0. The molecule has 4 aliphatic rings.